The second-order valence-corrected chi connectivity index (χ2v) is 6.49. The molecule has 1 atom stereocenters. The zero-order valence-electron chi connectivity index (χ0n) is 14.9. The second-order valence-electron chi connectivity index (χ2n) is 6.49. The Morgan fingerprint density at radius 1 is 1.12 bits per heavy atom. The van der Waals surface area contributed by atoms with Gasteiger partial charge in [-0.25, -0.2) is 9.97 Å². The largest absolute Gasteiger partial charge is 0.353 e. The third-order valence-electron chi connectivity index (χ3n) is 4.95. The van der Waals surface area contributed by atoms with Gasteiger partial charge in [0.1, 0.15) is 18.0 Å². The van der Waals surface area contributed by atoms with Crippen molar-refractivity contribution < 1.29 is 0 Å². The van der Waals surface area contributed by atoms with Gasteiger partial charge >= 0.3 is 0 Å². The van der Waals surface area contributed by atoms with Crippen LogP contribution >= 0.6 is 0 Å². The maximum absolute atomic E-state index is 4.57. The van der Waals surface area contributed by atoms with E-state index in [2.05, 4.69) is 70.0 Å². The maximum Gasteiger partial charge on any atom is 0.134 e. The minimum Gasteiger partial charge on any atom is -0.353 e. The first-order chi connectivity index (χ1) is 11.8. The molecule has 2 heterocycles. The predicted molar refractivity (Wildman–Crippen MR) is 100 cm³/mol. The van der Waals surface area contributed by atoms with Crippen LogP contribution in [0.15, 0.2) is 42.7 Å². The molecule has 1 fully saturated rings. The number of anilines is 2. The number of piperidine rings is 1. The highest BCUT2D eigenvalue weighted by atomic mass is 15.2. The summed E-state index contributed by atoms with van der Waals surface area (Å²) in [6, 6.07) is 13.4. The van der Waals surface area contributed by atoms with Gasteiger partial charge in [-0.2, -0.15) is 0 Å². The van der Waals surface area contributed by atoms with Gasteiger partial charge in [-0.3, -0.25) is 0 Å². The van der Waals surface area contributed by atoms with Crippen LogP contribution in [0.4, 0.5) is 11.6 Å². The fourth-order valence-electron chi connectivity index (χ4n) is 3.55. The van der Waals surface area contributed by atoms with Gasteiger partial charge < -0.3 is 9.80 Å². The molecule has 3 rings (SSSR count). The molecule has 1 saturated heterocycles. The summed E-state index contributed by atoms with van der Waals surface area (Å²) in [5.41, 5.74) is 1.31. The van der Waals surface area contributed by atoms with Crippen molar-refractivity contribution in [2.45, 2.75) is 52.1 Å². The van der Waals surface area contributed by atoms with E-state index in [1.165, 1.54) is 31.2 Å². The summed E-state index contributed by atoms with van der Waals surface area (Å²) in [7, 11) is 0. The zero-order valence-corrected chi connectivity index (χ0v) is 14.9. The molecule has 4 heteroatoms. The quantitative estimate of drug-likeness (QED) is 0.794. The molecule has 2 aromatic rings. The Labute approximate surface area is 145 Å². The topological polar surface area (TPSA) is 32.3 Å². The molecule has 1 aliphatic rings. The molecule has 0 N–H and O–H groups in total. The SMILES string of the molecule is CCC1CCCCN1c1cc(N(CC)Cc2ccccc2)ncn1. The number of hydrogen-bond donors (Lipinski definition) is 0. The van der Waals surface area contributed by atoms with E-state index in [1.54, 1.807) is 6.33 Å². The first kappa shape index (κ1) is 16.7. The monoisotopic (exact) mass is 324 g/mol. The predicted octanol–water partition coefficient (Wildman–Crippen LogP) is 4.27. The highest BCUT2D eigenvalue weighted by Crippen LogP contribution is 2.27. The van der Waals surface area contributed by atoms with Gasteiger partial charge in [0.05, 0.1) is 0 Å². The van der Waals surface area contributed by atoms with E-state index in [9.17, 15) is 0 Å². The first-order valence-corrected chi connectivity index (χ1v) is 9.19. The lowest BCUT2D eigenvalue weighted by molar-refractivity contribution is 0.446. The molecule has 1 aliphatic heterocycles. The van der Waals surface area contributed by atoms with Crippen LogP contribution in [0.2, 0.25) is 0 Å². The molecule has 24 heavy (non-hydrogen) atoms. The maximum atomic E-state index is 4.57. The van der Waals surface area contributed by atoms with Gasteiger partial charge in [-0.15, -0.1) is 0 Å². The standard InChI is InChI=1S/C20H28N4/c1-3-18-12-8-9-13-24(18)20-14-19(21-16-22-20)23(4-2)15-17-10-6-5-7-11-17/h5-7,10-11,14,16,18H,3-4,8-9,12-13,15H2,1-2H3. The average molecular weight is 324 g/mol. The number of rotatable bonds is 6. The first-order valence-electron chi connectivity index (χ1n) is 9.19. The number of nitrogens with zero attached hydrogens (tertiary/aromatic N) is 4. The number of benzene rings is 1. The molecule has 0 bridgehead atoms. The van der Waals surface area contributed by atoms with Gasteiger partial charge in [-0.05, 0) is 38.2 Å². The molecule has 0 spiro atoms. The van der Waals surface area contributed by atoms with Gasteiger partial charge in [0, 0.05) is 31.7 Å². The Hall–Kier alpha value is -2.10. The normalized spacial score (nSPS) is 17.8. The molecule has 0 amide bonds. The third-order valence-corrected chi connectivity index (χ3v) is 4.95. The Kier molecular flexibility index (Phi) is 5.68. The number of aromatic nitrogens is 2. The fourth-order valence-corrected chi connectivity index (χ4v) is 3.55. The van der Waals surface area contributed by atoms with E-state index in [0.29, 0.717) is 6.04 Å². The summed E-state index contributed by atoms with van der Waals surface area (Å²) in [5.74, 6) is 2.10. The number of hydrogen-bond acceptors (Lipinski definition) is 4. The lowest BCUT2D eigenvalue weighted by Gasteiger charge is -2.36. The van der Waals surface area contributed by atoms with E-state index in [0.717, 1.165) is 31.3 Å². The van der Waals surface area contributed by atoms with Crippen LogP contribution in [0.3, 0.4) is 0 Å². The van der Waals surface area contributed by atoms with Crippen molar-refractivity contribution >= 4 is 11.6 Å². The van der Waals surface area contributed by atoms with Gasteiger partial charge in [0.15, 0.2) is 0 Å². The second kappa shape index (κ2) is 8.13. The third kappa shape index (κ3) is 3.86. The Balaban J connectivity index is 1.80. The Bertz CT molecular complexity index is 629. The van der Waals surface area contributed by atoms with Crippen molar-refractivity contribution in [3.63, 3.8) is 0 Å². The summed E-state index contributed by atoms with van der Waals surface area (Å²) in [5, 5.41) is 0. The van der Waals surface area contributed by atoms with Crippen molar-refractivity contribution in [2.75, 3.05) is 22.9 Å². The lowest BCUT2D eigenvalue weighted by atomic mass is 10.00. The molecule has 1 aromatic heterocycles. The van der Waals surface area contributed by atoms with E-state index < -0.39 is 0 Å². The van der Waals surface area contributed by atoms with E-state index in [-0.39, 0.29) is 0 Å². The molecular formula is C20H28N4. The summed E-state index contributed by atoms with van der Waals surface area (Å²) in [4.78, 5) is 13.9. The summed E-state index contributed by atoms with van der Waals surface area (Å²) >= 11 is 0. The van der Waals surface area contributed by atoms with Gasteiger partial charge in [-0.1, -0.05) is 37.3 Å². The van der Waals surface area contributed by atoms with Crippen LogP contribution in [0.5, 0.6) is 0 Å². The van der Waals surface area contributed by atoms with Crippen LogP contribution in [0.1, 0.15) is 45.1 Å². The van der Waals surface area contributed by atoms with Gasteiger partial charge in [0.2, 0.25) is 0 Å². The minimum absolute atomic E-state index is 0.616. The van der Waals surface area contributed by atoms with Crippen molar-refractivity contribution in [1.29, 1.82) is 0 Å². The summed E-state index contributed by atoms with van der Waals surface area (Å²) in [6.45, 7) is 7.38. The average Bonchev–Trinajstić information content (AvgIpc) is 2.67. The van der Waals surface area contributed by atoms with Crippen LogP contribution in [0.25, 0.3) is 0 Å². The molecule has 0 saturated carbocycles. The fraction of sp³-hybridized carbons (Fsp3) is 0.500. The molecule has 4 nitrogen and oxygen atoms in total. The van der Waals surface area contributed by atoms with Gasteiger partial charge in [0.25, 0.3) is 0 Å². The summed E-state index contributed by atoms with van der Waals surface area (Å²) in [6.07, 6.45) is 6.78. The molecule has 1 aromatic carbocycles. The summed E-state index contributed by atoms with van der Waals surface area (Å²) < 4.78 is 0. The Morgan fingerprint density at radius 3 is 2.71 bits per heavy atom. The zero-order chi connectivity index (χ0) is 16.8. The smallest absolute Gasteiger partial charge is 0.134 e. The molecule has 0 radical (unpaired) electrons. The molecule has 1 unspecified atom stereocenters. The molecular weight excluding hydrogens is 296 g/mol. The highest BCUT2D eigenvalue weighted by molar-refractivity contribution is 5.51. The van der Waals surface area contributed by atoms with E-state index >= 15 is 0 Å². The minimum atomic E-state index is 0.616. The van der Waals surface area contributed by atoms with E-state index in [1.807, 2.05) is 0 Å². The van der Waals surface area contributed by atoms with Crippen molar-refractivity contribution in [2.24, 2.45) is 0 Å². The van der Waals surface area contributed by atoms with Crippen molar-refractivity contribution in [3.8, 4) is 0 Å². The van der Waals surface area contributed by atoms with Crippen LogP contribution in [-0.2, 0) is 6.54 Å². The van der Waals surface area contributed by atoms with Crippen molar-refractivity contribution in [1.82, 2.24) is 9.97 Å². The molecule has 0 aliphatic carbocycles. The van der Waals surface area contributed by atoms with E-state index in [4.69, 9.17) is 0 Å². The lowest BCUT2D eigenvalue weighted by Crippen LogP contribution is -2.39. The van der Waals surface area contributed by atoms with Crippen molar-refractivity contribution in [3.05, 3.63) is 48.3 Å². The Morgan fingerprint density at radius 2 is 1.96 bits per heavy atom. The van der Waals surface area contributed by atoms with Crippen LogP contribution < -0.4 is 9.80 Å². The highest BCUT2D eigenvalue weighted by Gasteiger charge is 2.22. The molecule has 128 valence electrons. The van der Waals surface area contributed by atoms with Crippen LogP contribution in [0, 0.1) is 0 Å². The van der Waals surface area contributed by atoms with Crippen LogP contribution in [-0.4, -0.2) is 29.1 Å².